The van der Waals surface area contributed by atoms with Crippen molar-refractivity contribution in [1.29, 1.82) is 0 Å². The fourth-order valence-electron chi connectivity index (χ4n) is 1.62. The standard InChI is InChI=1S/C15H26N2OS/c1-6-9-16-14(18)11(2)17-10-12-7-8-13(19-12)15(3,4)5/h7-8,11,17H,6,9-10H2,1-5H3,(H,16,18). The van der Waals surface area contributed by atoms with Crippen molar-refractivity contribution in [3.63, 3.8) is 0 Å². The summed E-state index contributed by atoms with van der Waals surface area (Å²) in [6.45, 7) is 12.1. The first kappa shape index (κ1) is 16.2. The number of carbonyl (C=O) groups excluding carboxylic acids is 1. The highest BCUT2D eigenvalue weighted by molar-refractivity contribution is 7.12. The van der Waals surface area contributed by atoms with E-state index in [2.05, 4.69) is 50.5 Å². The van der Waals surface area contributed by atoms with Crippen LogP contribution >= 0.6 is 11.3 Å². The largest absolute Gasteiger partial charge is 0.355 e. The maximum Gasteiger partial charge on any atom is 0.236 e. The number of nitrogens with one attached hydrogen (secondary N) is 2. The van der Waals surface area contributed by atoms with E-state index in [-0.39, 0.29) is 17.4 Å². The minimum Gasteiger partial charge on any atom is -0.355 e. The second-order valence-electron chi connectivity index (χ2n) is 5.91. The van der Waals surface area contributed by atoms with E-state index in [9.17, 15) is 4.79 Å². The molecule has 0 saturated carbocycles. The van der Waals surface area contributed by atoms with Gasteiger partial charge in [0.25, 0.3) is 0 Å². The highest BCUT2D eigenvalue weighted by Gasteiger charge is 2.17. The fourth-order valence-corrected chi connectivity index (χ4v) is 2.64. The van der Waals surface area contributed by atoms with Crippen LogP contribution in [-0.2, 0) is 16.8 Å². The highest BCUT2D eigenvalue weighted by Crippen LogP contribution is 2.29. The Bertz CT molecular complexity index is 407. The summed E-state index contributed by atoms with van der Waals surface area (Å²) in [7, 11) is 0. The second-order valence-corrected chi connectivity index (χ2v) is 7.08. The summed E-state index contributed by atoms with van der Waals surface area (Å²) in [5.74, 6) is 0.0782. The van der Waals surface area contributed by atoms with E-state index in [0.29, 0.717) is 0 Å². The average molecular weight is 282 g/mol. The molecule has 1 aromatic rings. The van der Waals surface area contributed by atoms with Crippen LogP contribution in [0.3, 0.4) is 0 Å². The first-order chi connectivity index (χ1) is 8.84. The van der Waals surface area contributed by atoms with Crippen molar-refractivity contribution in [3.05, 3.63) is 21.9 Å². The molecule has 19 heavy (non-hydrogen) atoms. The Balaban J connectivity index is 2.44. The van der Waals surface area contributed by atoms with Crippen molar-refractivity contribution < 1.29 is 4.79 Å². The topological polar surface area (TPSA) is 41.1 Å². The van der Waals surface area contributed by atoms with Gasteiger partial charge in [-0.3, -0.25) is 4.79 Å². The van der Waals surface area contributed by atoms with Gasteiger partial charge in [0.2, 0.25) is 5.91 Å². The Morgan fingerprint density at radius 3 is 2.58 bits per heavy atom. The van der Waals surface area contributed by atoms with Gasteiger partial charge in [-0.05, 0) is 30.9 Å². The summed E-state index contributed by atoms with van der Waals surface area (Å²) >= 11 is 1.82. The quantitative estimate of drug-likeness (QED) is 0.842. The molecule has 4 heteroatoms. The summed E-state index contributed by atoms with van der Waals surface area (Å²) in [5, 5.41) is 6.17. The van der Waals surface area contributed by atoms with Crippen LogP contribution in [0.5, 0.6) is 0 Å². The maximum atomic E-state index is 11.7. The molecule has 0 radical (unpaired) electrons. The molecule has 0 aliphatic rings. The van der Waals surface area contributed by atoms with Gasteiger partial charge in [-0.2, -0.15) is 0 Å². The molecule has 3 nitrogen and oxygen atoms in total. The Labute approximate surface area is 120 Å². The molecule has 1 rings (SSSR count). The summed E-state index contributed by atoms with van der Waals surface area (Å²) in [6.07, 6.45) is 0.971. The molecular weight excluding hydrogens is 256 g/mol. The van der Waals surface area contributed by atoms with E-state index >= 15 is 0 Å². The van der Waals surface area contributed by atoms with E-state index < -0.39 is 0 Å². The third-order valence-electron chi connectivity index (χ3n) is 2.93. The molecule has 1 unspecified atom stereocenters. The SMILES string of the molecule is CCCNC(=O)C(C)NCc1ccc(C(C)(C)C)s1. The lowest BCUT2D eigenvalue weighted by Gasteiger charge is -2.15. The van der Waals surface area contributed by atoms with Crippen LogP contribution in [0, 0.1) is 0 Å². The summed E-state index contributed by atoms with van der Waals surface area (Å²) < 4.78 is 0. The smallest absolute Gasteiger partial charge is 0.236 e. The first-order valence-corrected chi connectivity index (χ1v) is 7.76. The zero-order valence-electron chi connectivity index (χ0n) is 12.7. The lowest BCUT2D eigenvalue weighted by Crippen LogP contribution is -2.41. The normalized spacial score (nSPS) is 13.3. The van der Waals surface area contributed by atoms with Gasteiger partial charge >= 0.3 is 0 Å². The Morgan fingerprint density at radius 2 is 2.05 bits per heavy atom. The monoisotopic (exact) mass is 282 g/mol. The van der Waals surface area contributed by atoms with Crippen LogP contribution in [-0.4, -0.2) is 18.5 Å². The van der Waals surface area contributed by atoms with Crippen LogP contribution < -0.4 is 10.6 Å². The van der Waals surface area contributed by atoms with E-state index in [0.717, 1.165) is 19.5 Å². The molecule has 0 aliphatic heterocycles. The van der Waals surface area contributed by atoms with Crippen LogP contribution in [0.15, 0.2) is 12.1 Å². The molecule has 0 bridgehead atoms. The summed E-state index contributed by atoms with van der Waals surface area (Å²) in [4.78, 5) is 14.4. The Morgan fingerprint density at radius 1 is 1.37 bits per heavy atom. The molecular formula is C15H26N2OS. The molecule has 0 saturated heterocycles. The first-order valence-electron chi connectivity index (χ1n) is 6.95. The van der Waals surface area contributed by atoms with Crippen molar-refractivity contribution >= 4 is 17.2 Å². The van der Waals surface area contributed by atoms with Crippen LogP contribution in [0.2, 0.25) is 0 Å². The Kier molecular flexibility index (Phi) is 6.01. The number of amides is 1. The molecule has 108 valence electrons. The molecule has 1 amide bonds. The van der Waals surface area contributed by atoms with Gasteiger partial charge in [-0.1, -0.05) is 27.7 Å². The highest BCUT2D eigenvalue weighted by atomic mass is 32.1. The van der Waals surface area contributed by atoms with E-state index in [1.54, 1.807) is 0 Å². The molecule has 0 aliphatic carbocycles. The van der Waals surface area contributed by atoms with Crippen molar-refractivity contribution in [2.24, 2.45) is 0 Å². The van der Waals surface area contributed by atoms with Gasteiger partial charge in [-0.15, -0.1) is 11.3 Å². The Hall–Kier alpha value is -0.870. The molecule has 1 heterocycles. The summed E-state index contributed by atoms with van der Waals surface area (Å²) in [5.41, 5.74) is 0.201. The van der Waals surface area contributed by atoms with Gasteiger partial charge in [0.05, 0.1) is 6.04 Å². The van der Waals surface area contributed by atoms with Crippen LogP contribution in [0.25, 0.3) is 0 Å². The third kappa shape index (κ3) is 5.33. The number of hydrogen-bond donors (Lipinski definition) is 2. The summed E-state index contributed by atoms with van der Waals surface area (Å²) in [6, 6.07) is 4.19. The number of rotatable bonds is 6. The van der Waals surface area contributed by atoms with Crippen LogP contribution in [0.4, 0.5) is 0 Å². The van der Waals surface area contributed by atoms with Gasteiger partial charge in [0, 0.05) is 22.8 Å². The predicted molar refractivity (Wildman–Crippen MR) is 82.6 cm³/mol. The second kappa shape index (κ2) is 7.06. The fraction of sp³-hybridized carbons (Fsp3) is 0.667. The molecule has 2 N–H and O–H groups in total. The number of carbonyl (C=O) groups is 1. The van der Waals surface area contributed by atoms with Gasteiger partial charge in [0.15, 0.2) is 0 Å². The van der Waals surface area contributed by atoms with E-state index in [4.69, 9.17) is 0 Å². The predicted octanol–water partition coefficient (Wildman–Crippen LogP) is 3.05. The minimum atomic E-state index is -0.147. The van der Waals surface area contributed by atoms with Gasteiger partial charge in [-0.25, -0.2) is 0 Å². The molecule has 0 aromatic carbocycles. The number of thiophene rings is 1. The van der Waals surface area contributed by atoms with Crippen molar-refractivity contribution in [3.8, 4) is 0 Å². The van der Waals surface area contributed by atoms with Gasteiger partial charge in [0.1, 0.15) is 0 Å². The average Bonchev–Trinajstić information content (AvgIpc) is 2.81. The van der Waals surface area contributed by atoms with Crippen molar-refractivity contribution in [2.75, 3.05) is 6.54 Å². The molecule has 0 spiro atoms. The number of hydrogen-bond acceptors (Lipinski definition) is 3. The van der Waals surface area contributed by atoms with Crippen molar-refractivity contribution in [1.82, 2.24) is 10.6 Å². The molecule has 0 fully saturated rings. The van der Waals surface area contributed by atoms with Gasteiger partial charge < -0.3 is 10.6 Å². The zero-order valence-corrected chi connectivity index (χ0v) is 13.5. The lowest BCUT2D eigenvalue weighted by molar-refractivity contribution is -0.122. The van der Waals surface area contributed by atoms with E-state index in [1.807, 2.05) is 18.3 Å². The molecule has 1 atom stereocenters. The maximum absolute atomic E-state index is 11.7. The lowest BCUT2D eigenvalue weighted by atomic mass is 9.95. The van der Waals surface area contributed by atoms with E-state index in [1.165, 1.54) is 9.75 Å². The van der Waals surface area contributed by atoms with Crippen molar-refractivity contribution in [2.45, 2.75) is 59.0 Å². The third-order valence-corrected chi connectivity index (χ3v) is 4.44. The van der Waals surface area contributed by atoms with Crippen LogP contribution in [0.1, 0.15) is 50.8 Å². The minimum absolute atomic E-state index is 0.0782. The molecule has 1 aromatic heterocycles. The zero-order chi connectivity index (χ0) is 14.5.